The number of aromatic nitrogens is 2. The van der Waals surface area contributed by atoms with Crippen molar-refractivity contribution in [3.63, 3.8) is 0 Å². The molecular formula is C14H24N4O2S. The minimum atomic E-state index is -0.505. The van der Waals surface area contributed by atoms with Crippen molar-refractivity contribution in [2.24, 2.45) is 11.7 Å². The Morgan fingerprint density at radius 2 is 2.05 bits per heavy atom. The quantitative estimate of drug-likeness (QED) is 0.840. The minimum absolute atomic E-state index is 0.172. The van der Waals surface area contributed by atoms with Gasteiger partial charge in [0.05, 0.1) is 6.04 Å². The summed E-state index contributed by atoms with van der Waals surface area (Å²) in [5.74, 6) is 0.427. The summed E-state index contributed by atoms with van der Waals surface area (Å²) in [6, 6.07) is -0.505. The number of nitrogens with zero attached hydrogens (tertiary/aromatic N) is 2. The molecule has 0 spiro atoms. The number of hydrogen-bond acceptors (Lipinski definition) is 6. The number of carbonyl (C=O) groups is 1. The van der Waals surface area contributed by atoms with E-state index >= 15 is 0 Å². The number of rotatable bonds is 6. The number of nitrogens with two attached hydrogens (primary N) is 1. The normalized spacial score (nSPS) is 17.9. The molecule has 1 aromatic heterocycles. The van der Waals surface area contributed by atoms with Crippen molar-refractivity contribution < 1.29 is 9.53 Å². The molecule has 7 heteroatoms. The molecule has 1 aromatic rings. The van der Waals surface area contributed by atoms with Gasteiger partial charge in [0.1, 0.15) is 5.01 Å². The van der Waals surface area contributed by atoms with Crippen LogP contribution in [0.25, 0.3) is 0 Å². The second kappa shape index (κ2) is 7.82. The van der Waals surface area contributed by atoms with Crippen LogP contribution in [0, 0.1) is 5.92 Å². The molecule has 1 aliphatic rings. The minimum Gasteiger partial charge on any atom is -0.381 e. The number of nitrogens with one attached hydrogen (secondary N) is 1. The van der Waals surface area contributed by atoms with Gasteiger partial charge < -0.3 is 10.5 Å². The Bertz CT molecular complexity index is 456. The van der Waals surface area contributed by atoms with Crippen molar-refractivity contribution in [2.75, 3.05) is 18.5 Å². The van der Waals surface area contributed by atoms with Gasteiger partial charge in [-0.25, -0.2) is 0 Å². The second-order valence-electron chi connectivity index (χ2n) is 5.42. The Hall–Kier alpha value is -1.05. The third kappa shape index (κ3) is 4.21. The number of hydrogen-bond donors (Lipinski definition) is 2. The monoisotopic (exact) mass is 312 g/mol. The van der Waals surface area contributed by atoms with Crippen LogP contribution in [0.2, 0.25) is 0 Å². The largest absolute Gasteiger partial charge is 0.381 e. The van der Waals surface area contributed by atoms with E-state index in [1.165, 1.54) is 11.3 Å². The molecule has 3 N–H and O–H groups in total. The maximum absolute atomic E-state index is 12.2. The van der Waals surface area contributed by atoms with Gasteiger partial charge in [-0.1, -0.05) is 25.2 Å². The molecule has 0 aromatic carbocycles. The third-order valence-electron chi connectivity index (χ3n) is 4.08. The zero-order valence-corrected chi connectivity index (χ0v) is 13.5. The lowest BCUT2D eigenvalue weighted by Gasteiger charge is -2.26. The Kier molecular flexibility index (Phi) is 6.08. The average molecular weight is 312 g/mol. The summed E-state index contributed by atoms with van der Waals surface area (Å²) in [6.45, 7) is 5.64. The molecular weight excluding hydrogens is 288 g/mol. The lowest BCUT2D eigenvalue weighted by Crippen LogP contribution is -2.43. The van der Waals surface area contributed by atoms with E-state index < -0.39 is 6.04 Å². The molecule has 1 unspecified atom stereocenters. The lowest BCUT2D eigenvalue weighted by atomic mass is 9.92. The summed E-state index contributed by atoms with van der Waals surface area (Å²) in [7, 11) is 0. The maximum atomic E-state index is 12.2. The topological polar surface area (TPSA) is 90.1 Å². The first-order valence-corrected chi connectivity index (χ1v) is 8.44. The van der Waals surface area contributed by atoms with Crippen LogP contribution >= 0.6 is 11.3 Å². The Labute approximate surface area is 129 Å². The van der Waals surface area contributed by atoms with E-state index in [0.29, 0.717) is 24.3 Å². The summed E-state index contributed by atoms with van der Waals surface area (Å²) in [5.41, 5.74) is 6.05. The van der Waals surface area contributed by atoms with E-state index in [4.69, 9.17) is 10.5 Å². The first kappa shape index (κ1) is 16.3. The Balaban J connectivity index is 1.92. The summed E-state index contributed by atoms with van der Waals surface area (Å²) in [5, 5.41) is 12.6. The zero-order chi connectivity index (χ0) is 15.2. The van der Waals surface area contributed by atoms with Crippen molar-refractivity contribution in [1.82, 2.24) is 10.2 Å². The van der Waals surface area contributed by atoms with E-state index in [2.05, 4.69) is 29.4 Å². The molecule has 21 heavy (non-hydrogen) atoms. The third-order valence-corrected chi connectivity index (χ3v) is 5.08. The van der Waals surface area contributed by atoms with Gasteiger partial charge in [-0.15, -0.1) is 10.2 Å². The van der Waals surface area contributed by atoms with Crippen LogP contribution in [0.1, 0.15) is 50.5 Å². The van der Waals surface area contributed by atoms with Crippen molar-refractivity contribution in [3.05, 3.63) is 5.01 Å². The highest BCUT2D eigenvalue weighted by molar-refractivity contribution is 7.15. The molecule has 1 aliphatic heterocycles. The molecule has 1 amide bonds. The van der Waals surface area contributed by atoms with Gasteiger partial charge in [0, 0.05) is 19.1 Å². The highest BCUT2D eigenvalue weighted by atomic mass is 32.1. The van der Waals surface area contributed by atoms with Crippen LogP contribution in [0.5, 0.6) is 0 Å². The fourth-order valence-corrected chi connectivity index (χ4v) is 3.58. The predicted octanol–water partition coefficient (Wildman–Crippen LogP) is 2.13. The molecule has 0 saturated carbocycles. The highest BCUT2D eigenvalue weighted by Crippen LogP contribution is 2.28. The van der Waals surface area contributed by atoms with Crippen molar-refractivity contribution in [1.29, 1.82) is 0 Å². The number of ether oxygens (including phenoxy) is 1. The van der Waals surface area contributed by atoms with Crippen LogP contribution in [-0.2, 0) is 9.53 Å². The summed E-state index contributed by atoms with van der Waals surface area (Å²) in [6.07, 6.45) is 3.73. The fraction of sp³-hybridized carbons (Fsp3) is 0.786. The molecule has 2 heterocycles. The van der Waals surface area contributed by atoms with Crippen LogP contribution in [0.3, 0.4) is 0 Å². The van der Waals surface area contributed by atoms with Gasteiger partial charge in [-0.2, -0.15) is 0 Å². The van der Waals surface area contributed by atoms with E-state index in [0.717, 1.165) is 30.7 Å². The number of amides is 1. The van der Waals surface area contributed by atoms with Crippen molar-refractivity contribution in [2.45, 2.75) is 51.5 Å². The van der Waals surface area contributed by atoms with Gasteiger partial charge in [0.25, 0.3) is 0 Å². The SMILES string of the molecule is CCC(CC)c1nnc(NC(=O)C(N)C2CCOCC2)s1. The van der Waals surface area contributed by atoms with Gasteiger partial charge >= 0.3 is 0 Å². The molecule has 0 radical (unpaired) electrons. The van der Waals surface area contributed by atoms with Crippen LogP contribution in [0.4, 0.5) is 5.13 Å². The molecule has 1 saturated heterocycles. The van der Waals surface area contributed by atoms with Gasteiger partial charge in [0.15, 0.2) is 0 Å². The standard InChI is InChI=1S/C14H24N4O2S/c1-3-9(4-2)13-17-18-14(21-13)16-12(19)11(15)10-5-7-20-8-6-10/h9-11H,3-8,15H2,1-2H3,(H,16,18,19). The van der Waals surface area contributed by atoms with Crippen LogP contribution in [0.15, 0.2) is 0 Å². The van der Waals surface area contributed by atoms with Crippen molar-refractivity contribution in [3.8, 4) is 0 Å². The van der Waals surface area contributed by atoms with Crippen LogP contribution < -0.4 is 11.1 Å². The van der Waals surface area contributed by atoms with E-state index in [-0.39, 0.29) is 11.8 Å². The van der Waals surface area contributed by atoms with Crippen molar-refractivity contribution >= 4 is 22.4 Å². The molecule has 6 nitrogen and oxygen atoms in total. The van der Waals surface area contributed by atoms with E-state index in [9.17, 15) is 4.79 Å². The van der Waals surface area contributed by atoms with E-state index in [1.54, 1.807) is 0 Å². The summed E-state index contributed by atoms with van der Waals surface area (Å²) in [4.78, 5) is 12.2. The molecule has 2 rings (SSSR count). The molecule has 0 aliphatic carbocycles. The van der Waals surface area contributed by atoms with Gasteiger partial charge in [-0.05, 0) is 31.6 Å². The average Bonchev–Trinajstić information content (AvgIpc) is 2.97. The lowest BCUT2D eigenvalue weighted by molar-refractivity contribution is -0.119. The molecule has 1 atom stereocenters. The van der Waals surface area contributed by atoms with Gasteiger partial charge in [-0.3, -0.25) is 10.1 Å². The first-order chi connectivity index (χ1) is 10.2. The van der Waals surface area contributed by atoms with Gasteiger partial charge in [0.2, 0.25) is 11.0 Å². The maximum Gasteiger partial charge on any atom is 0.243 e. The number of anilines is 1. The fourth-order valence-electron chi connectivity index (χ4n) is 2.57. The smallest absolute Gasteiger partial charge is 0.243 e. The molecule has 1 fully saturated rings. The zero-order valence-electron chi connectivity index (χ0n) is 12.7. The van der Waals surface area contributed by atoms with E-state index in [1.807, 2.05) is 0 Å². The highest BCUT2D eigenvalue weighted by Gasteiger charge is 2.27. The molecule has 0 bridgehead atoms. The first-order valence-electron chi connectivity index (χ1n) is 7.63. The number of carbonyl (C=O) groups excluding carboxylic acids is 1. The Morgan fingerprint density at radius 3 is 2.67 bits per heavy atom. The predicted molar refractivity (Wildman–Crippen MR) is 83.4 cm³/mol. The second-order valence-corrected chi connectivity index (χ2v) is 6.43. The Morgan fingerprint density at radius 1 is 1.38 bits per heavy atom. The van der Waals surface area contributed by atoms with Crippen LogP contribution in [-0.4, -0.2) is 35.4 Å². The molecule has 118 valence electrons. The summed E-state index contributed by atoms with van der Waals surface area (Å²) < 4.78 is 5.29. The summed E-state index contributed by atoms with van der Waals surface area (Å²) >= 11 is 1.45.